The highest BCUT2D eigenvalue weighted by Crippen LogP contribution is 2.20. The van der Waals surface area contributed by atoms with Crippen LogP contribution in [0.4, 0.5) is 10.5 Å². The number of amides is 2. The van der Waals surface area contributed by atoms with Crippen molar-refractivity contribution < 1.29 is 14.3 Å². The summed E-state index contributed by atoms with van der Waals surface area (Å²) in [7, 11) is 0. The Morgan fingerprint density at radius 2 is 2.12 bits per heavy atom. The molecule has 3 rings (SSSR count). The number of aromatic nitrogens is 3. The van der Waals surface area contributed by atoms with Crippen LogP contribution < -0.4 is 5.32 Å². The van der Waals surface area contributed by atoms with Crippen LogP contribution in [0.25, 0.3) is 5.69 Å². The van der Waals surface area contributed by atoms with Gasteiger partial charge in [0.05, 0.1) is 18.2 Å². The van der Waals surface area contributed by atoms with Gasteiger partial charge in [0.1, 0.15) is 12.7 Å². The second-order valence-electron chi connectivity index (χ2n) is 5.86. The first-order chi connectivity index (χ1) is 12.2. The number of ether oxygens (including phenoxy) is 1. The maximum Gasteiger partial charge on any atom is 0.409 e. The summed E-state index contributed by atoms with van der Waals surface area (Å²) >= 11 is 0. The summed E-state index contributed by atoms with van der Waals surface area (Å²) in [6.45, 7) is 3.14. The molecule has 1 aliphatic heterocycles. The Labute approximate surface area is 145 Å². The van der Waals surface area contributed by atoms with Crippen LogP contribution in [0.5, 0.6) is 0 Å². The molecule has 0 spiro atoms. The Bertz CT molecular complexity index is 714. The Hall–Kier alpha value is -2.90. The number of nitrogens with zero attached hydrogens (tertiary/aromatic N) is 4. The summed E-state index contributed by atoms with van der Waals surface area (Å²) in [5, 5.41) is 6.97. The smallest absolute Gasteiger partial charge is 0.409 e. The van der Waals surface area contributed by atoms with Crippen LogP contribution in [-0.2, 0) is 9.53 Å². The number of anilines is 1. The minimum Gasteiger partial charge on any atom is -0.450 e. The normalized spacial score (nSPS) is 17.2. The average molecular weight is 343 g/mol. The fraction of sp³-hybridized carbons (Fsp3) is 0.412. The van der Waals surface area contributed by atoms with Crippen molar-refractivity contribution in [3.8, 4) is 5.69 Å². The van der Waals surface area contributed by atoms with E-state index >= 15 is 0 Å². The number of hydrogen-bond acceptors (Lipinski definition) is 5. The van der Waals surface area contributed by atoms with Crippen molar-refractivity contribution in [2.45, 2.75) is 19.8 Å². The van der Waals surface area contributed by atoms with Crippen molar-refractivity contribution in [1.29, 1.82) is 0 Å². The fourth-order valence-electron chi connectivity index (χ4n) is 2.86. The second-order valence-corrected chi connectivity index (χ2v) is 5.86. The van der Waals surface area contributed by atoms with Gasteiger partial charge < -0.3 is 15.0 Å². The number of nitrogens with one attached hydrogen (secondary N) is 1. The molecule has 2 aromatic rings. The lowest BCUT2D eigenvalue weighted by Gasteiger charge is -2.31. The fourth-order valence-corrected chi connectivity index (χ4v) is 2.86. The van der Waals surface area contributed by atoms with E-state index in [1.807, 2.05) is 24.3 Å². The molecule has 25 heavy (non-hydrogen) atoms. The van der Waals surface area contributed by atoms with Crippen LogP contribution in [0, 0.1) is 5.92 Å². The lowest BCUT2D eigenvalue weighted by molar-refractivity contribution is -0.121. The summed E-state index contributed by atoms with van der Waals surface area (Å²) in [5.41, 5.74) is 1.57. The first kappa shape index (κ1) is 16.9. The first-order valence-corrected chi connectivity index (χ1v) is 8.35. The minimum atomic E-state index is -0.350. The number of benzene rings is 1. The van der Waals surface area contributed by atoms with E-state index in [0.29, 0.717) is 25.4 Å². The summed E-state index contributed by atoms with van der Waals surface area (Å²) in [4.78, 5) is 29.8. The molecule has 1 aliphatic rings. The van der Waals surface area contributed by atoms with Gasteiger partial charge in [-0.05, 0) is 44.0 Å². The van der Waals surface area contributed by atoms with E-state index in [1.54, 1.807) is 22.8 Å². The third kappa shape index (κ3) is 4.14. The topological polar surface area (TPSA) is 89.4 Å². The van der Waals surface area contributed by atoms with Gasteiger partial charge in [0, 0.05) is 18.8 Å². The van der Waals surface area contributed by atoms with Gasteiger partial charge in [-0.1, -0.05) is 0 Å². The van der Waals surface area contributed by atoms with Gasteiger partial charge in [-0.2, -0.15) is 5.10 Å². The van der Waals surface area contributed by atoms with E-state index in [2.05, 4.69) is 15.4 Å². The van der Waals surface area contributed by atoms with Gasteiger partial charge >= 0.3 is 6.09 Å². The summed E-state index contributed by atoms with van der Waals surface area (Å²) in [6.07, 6.45) is 4.28. The second kappa shape index (κ2) is 7.78. The van der Waals surface area contributed by atoms with Crippen molar-refractivity contribution in [2.75, 3.05) is 25.0 Å². The SMILES string of the molecule is CCOC(=O)N1CCCC(C(=O)Nc2ccc(-n3cncn3)cc2)C1. The summed E-state index contributed by atoms with van der Waals surface area (Å²) in [5.74, 6) is -0.310. The molecule has 8 nitrogen and oxygen atoms in total. The highest BCUT2D eigenvalue weighted by Gasteiger charge is 2.29. The maximum absolute atomic E-state index is 12.5. The van der Waals surface area contributed by atoms with E-state index in [9.17, 15) is 9.59 Å². The van der Waals surface area contributed by atoms with Crippen LogP contribution in [0.2, 0.25) is 0 Å². The molecule has 1 aromatic heterocycles. The Balaban J connectivity index is 1.59. The average Bonchev–Trinajstić information content (AvgIpc) is 3.17. The van der Waals surface area contributed by atoms with Crippen LogP contribution >= 0.6 is 0 Å². The number of rotatable bonds is 4. The van der Waals surface area contributed by atoms with Crippen molar-refractivity contribution in [3.05, 3.63) is 36.9 Å². The van der Waals surface area contributed by atoms with Crippen LogP contribution in [0.1, 0.15) is 19.8 Å². The van der Waals surface area contributed by atoms with Crippen molar-refractivity contribution in [1.82, 2.24) is 19.7 Å². The van der Waals surface area contributed by atoms with Gasteiger partial charge in [-0.3, -0.25) is 4.79 Å². The molecule has 1 unspecified atom stereocenters. The molecule has 0 saturated carbocycles. The molecule has 132 valence electrons. The predicted octanol–water partition coefficient (Wildman–Crippen LogP) is 2.07. The molecular formula is C17H21N5O3. The third-order valence-electron chi connectivity index (χ3n) is 4.14. The molecule has 1 fully saturated rings. The molecule has 2 heterocycles. The third-order valence-corrected chi connectivity index (χ3v) is 4.14. The van der Waals surface area contributed by atoms with Crippen LogP contribution in [0.3, 0.4) is 0 Å². The zero-order chi connectivity index (χ0) is 17.6. The number of likely N-dealkylation sites (tertiary alicyclic amines) is 1. The molecule has 8 heteroatoms. The Morgan fingerprint density at radius 3 is 2.80 bits per heavy atom. The highest BCUT2D eigenvalue weighted by atomic mass is 16.6. The van der Waals surface area contributed by atoms with E-state index in [4.69, 9.17) is 4.74 Å². The van der Waals surface area contributed by atoms with Crippen LogP contribution in [0.15, 0.2) is 36.9 Å². The molecule has 0 bridgehead atoms. The number of piperidine rings is 1. The predicted molar refractivity (Wildman–Crippen MR) is 91.3 cm³/mol. The molecule has 0 aliphatic carbocycles. The molecule has 1 aromatic carbocycles. The van der Waals surface area contributed by atoms with Crippen molar-refractivity contribution in [3.63, 3.8) is 0 Å². The largest absolute Gasteiger partial charge is 0.450 e. The molecule has 0 radical (unpaired) electrons. The van der Waals surface area contributed by atoms with E-state index < -0.39 is 0 Å². The Morgan fingerprint density at radius 1 is 1.32 bits per heavy atom. The van der Waals surface area contributed by atoms with Gasteiger partial charge in [0.15, 0.2) is 0 Å². The monoisotopic (exact) mass is 343 g/mol. The van der Waals surface area contributed by atoms with Crippen molar-refractivity contribution in [2.24, 2.45) is 5.92 Å². The standard InChI is InChI=1S/C17H21N5O3/c1-2-25-17(24)21-9-3-4-13(10-21)16(23)20-14-5-7-15(8-6-14)22-12-18-11-19-22/h5-8,11-13H,2-4,9-10H2,1H3,(H,20,23). The lowest BCUT2D eigenvalue weighted by Crippen LogP contribution is -2.44. The van der Waals surface area contributed by atoms with E-state index in [0.717, 1.165) is 18.5 Å². The molecule has 1 N–H and O–H groups in total. The van der Waals surface area contributed by atoms with Crippen LogP contribution in [-0.4, -0.2) is 51.4 Å². The summed E-state index contributed by atoms with van der Waals surface area (Å²) < 4.78 is 6.66. The summed E-state index contributed by atoms with van der Waals surface area (Å²) in [6, 6.07) is 7.36. The zero-order valence-electron chi connectivity index (χ0n) is 14.1. The number of hydrogen-bond donors (Lipinski definition) is 1. The minimum absolute atomic E-state index is 0.0810. The number of carbonyl (C=O) groups excluding carboxylic acids is 2. The maximum atomic E-state index is 12.5. The van der Waals surface area contributed by atoms with E-state index in [1.165, 1.54) is 6.33 Å². The lowest BCUT2D eigenvalue weighted by atomic mass is 9.97. The Kier molecular flexibility index (Phi) is 5.27. The van der Waals surface area contributed by atoms with E-state index in [-0.39, 0.29) is 17.9 Å². The molecule has 1 saturated heterocycles. The van der Waals surface area contributed by atoms with Gasteiger partial charge in [-0.25, -0.2) is 14.5 Å². The number of carbonyl (C=O) groups is 2. The van der Waals surface area contributed by atoms with Gasteiger partial charge in [-0.15, -0.1) is 0 Å². The quantitative estimate of drug-likeness (QED) is 0.918. The van der Waals surface area contributed by atoms with Gasteiger partial charge in [0.2, 0.25) is 5.91 Å². The first-order valence-electron chi connectivity index (χ1n) is 8.35. The molecule has 1 atom stereocenters. The molecule has 2 amide bonds. The van der Waals surface area contributed by atoms with Crippen molar-refractivity contribution >= 4 is 17.7 Å². The molecular weight excluding hydrogens is 322 g/mol. The highest BCUT2D eigenvalue weighted by molar-refractivity contribution is 5.93. The zero-order valence-corrected chi connectivity index (χ0v) is 14.1. The van der Waals surface area contributed by atoms with Gasteiger partial charge in [0.25, 0.3) is 0 Å².